The van der Waals surface area contributed by atoms with Crippen LogP contribution in [0.15, 0.2) is 60.3 Å². The van der Waals surface area contributed by atoms with Crippen LogP contribution in [0.3, 0.4) is 0 Å². The quantitative estimate of drug-likeness (QED) is 0.291. The van der Waals surface area contributed by atoms with Crippen LogP contribution in [0.1, 0.15) is 55.3 Å². The summed E-state index contributed by atoms with van der Waals surface area (Å²) in [4.78, 5) is 12.5. The van der Waals surface area contributed by atoms with Crippen LogP contribution in [0, 0.1) is 13.8 Å². The summed E-state index contributed by atoms with van der Waals surface area (Å²) in [7, 11) is 0. The highest BCUT2D eigenvalue weighted by atomic mass is 32.2. The topological polar surface area (TPSA) is 69.0 Å². The Morgan fingerprint density at radius 1 is 1.15 bits per heavy atom. The molecule has 0 radical (unpaired) electrons. The van der Waals surface area contributed by atoms with Gasteiger partial charge in [0.25, 0.3) is 0 Å². The number of thioether (sulfide) groups is 1. The summed E-state index contributed by atoms with van der Waals surface area (Å²) in [6.07, 6.45) is 1.48. The third-order valence-electron chi connectivity index (χ3n) is 5.47. The second-order valence-corrected chi connectivity index (χ2v) is 9.25. The third kappa shape index (κ3) is 6.26. The number of carbonyl (C=O) groups excluding carboxylic acids is 1. The first-order valence-electron chi connectivity index (χ1n) is 11.1. The molecule has 1 heterocycles. The smallest absolute Gasteiger partial charge is 0.234 e. The fraction of sp³-hybridized carbons (Fsp3) is 0.346. The van der Waals surface area contributed by atoms with Crippen LogP contribution in [0.5, 0.6) is 5.75 Å². The lowest BCUT2D eigenvalue weighted by atomic mass is 10.0. The molecule has 1 aromatic heterocycles. The van der Waals surface area contributed by atoms with Crippen LogP contribution < -0.4 is 10.1 Å². The fourth-order valence-corrected chi connectivity index (χ4v) is 4.14. The minimum Gasteiger partial charge on any atom is -0.482 e. The molecule has 0 saturated heterocycles. The van der Waals surface area contributed by atoms with Crippen LogP contribution >= 0.6 is 11.8 Å². The maximum Gasteiger partial charge on any atom is 0.234 e. The maximum atomic E-state index is 12.5. The van der Waals surface area contributed by atoms with Gasteiger partial charge in [-0.3, -0.25) is 9.36 Å². The molecule has 0 aliphatic heterocycles. The van der Waals surface area contributed by atoms with Crippen LogP contribution in [-0.2, 0) is 11.3 Å². The molecule has 174 valence electrons. The molecule has 7 heteroatoms. The summed E-state index contributed by atoms with van der Waals surface area (Å²) in [5.41, 5.74) is 4.30. The molecule has 3 aromatic rings. The molecule has 0 saturated carbocycles. The highest BCUT2D eigenvalue weighted by molar-refractivity contribution is 7.99. The Hall–Kier alpha value is -3.06. The largest absolute Gasteiger partial charge is 0.482 e. The highest BCUT2D eigenvalue weighted by Crippen LogP contribution is 2.28. The molecule has 2 aromatic carbocycles. The lowest BCUT2D eigenvalue weighted by molar-refractivity contribution is -0.113. The minimum absolute atomic E-state index is 0.0910. The number of anilines is 1. The number of aryl methyl sites for hydroxylation is 1. The van der Waals surface area contributed by atoms with Crippen LogP contribution in [0.25, 0.3) is 0 Å². The molecule has 0 aliphatic carbocycles. The third-order valence-corrected chi connectivity index (χ3v) is 6.44. The Bertz CT molecular complexity index is 1110. The van der Waals surface area contributed by atoms with E-state index in [1.54, 1.807) is 6.08 Å². The number of amides is 1. The lowest BCUT2D eigenvalue weighted by Crippen LogP contribution is -2.15. The van der Waals surface area contributed by atoms with Crippen LogP contribution in [-0.4, -0.2) is 26.4 Å². The van der Waals surface area contributed by atoms with E-state index in [1.807, 2.05) is 54.8 Å². The van der Waals surface area contributed by atoms with Gasteiger partial charge in [0.05, 0.1) is 5.75 Å². The summed E-state index contributed by atoms with van der Waals surface area (Å²) in [6.45, 7) is 14.7. The van der Waals surface area contributed by atoms with Crippen LogP contribution in [0.2, 0.25) is 0 Å². The first-order chi connectivity index (χ1) is 15.8. The van der Waals surface area contributed by atoms with Gasteiger partial charge < -0.3 is 10.1 Å². The monoisotopic (exact) mass is 464 g/mol. The molecular formula is C26H32N4O2S. The van der Waals surface area contributed by atoms with Crippen molar-refractivity contribution in [3.63, 3.8) is 0 Å². The van der Waals surface area contributed by atoms with Gasteiger partial charge in [-0.2, -0.15) is 0 Å². The minimum atomic E-state index is -0.305. The van der Waals surface area contributed by atoms with Gasteiger partial charge in [0.1, 0.15) is 5.75 Å². The normalized spacial score (nSPS) is 11.9. The molecule has 0 spiro atoms. The fourth-order valence-electron chi connectivity index (χ4n) is 3.38. The van der Waals surface area contributed by atoms with E-state index in [0.29, 0.717) is 23.4 Å². The number of carbonyl (C=O) groups is 1. The average Bonchev–Trinajstić information content (AvgIpc) is 3.19. The van der Waals surface area contributed by atoms with Gasteiger partial charge in [0.2, 0.25) is 5.91 Å². The molecule has 1 unspecified atom stereocenters. The predicted molar refractivity (Wildman–Crippen MR) is 135 cm³/mol. The van der Waals surface area contributed by atoms with E-state index in [9.17, 15) is 4.79 Å². The summed E-state index contributed by atoms with van der Waals surface area (Å²) in [5.74, 6) is 2.12. The van der Waals surface area contributed by atoms with Crippen LogP contribution in [0.4, 0.5) is 5.69 Å². The van der Waals surface area contributed by atoms with Crippen molar-refractivity contribution in [2.45, 2.75) is 58.3 Å². The number of nitrogens with one attached hydrogen (secondary N) is 1. The van der Waals surface area contributed by atoms with E-state index < -0.39 is 0 Å². The molecule has 33 heavy (non-hydrogen) atoms. The van der Waals surface area contributed by atoms with Crippen molar-refractivity contribution in [3.8, 4) is 5.75 Å². The highest BCUT2D eigenvalue weighted by Gasteiger charge is 2.20. The molecule has 3 rings (SSSR count). The van der Waals surface area contributed by atoms with Crippen molar-refractivity contribution in [2.24, 2.45) is 0 Å². The van der Waals surface area contributed by atoms with E-state index in [-0.39, 0.29) is 17.8 Å². The lowest BCUT2D eigenvalue weighted by Gasteiger charge is -2.18. The van der Waals surface area contributed by atoms with E-state index >= 15 is 0 Å². The van der Waals surface area contributed by atoms with Gasteiger partial charge in [-0.05, 0) is 61.6 Å². The van der Waals surface area contributed by atoms with Crippen molar-refractivity contribution in [2.75, 3.05) is 11.1 Å². The zero-order valence-electron chi connectivity index (χ0n) is 20.0. The van der Waals surface area contributed by atoms with Gasteiger partial charge in [-0.1, -0.05) is 56.0 Å². The van der Waals surface area contributed by atoms with Gasteiger partial charge >= 0.3 is 0 Å². The van der Waals surface area contributed by atoms with Gasteiger partial charge in [0, 0.05) is 12.2 Å². The van der Waals surface area contributed by atoms with E-state index in [4.69, 9.17) is 4.74 Å². The molecule has 6 nitrogen and oxygen atoms in total. The number of hydrogen-bond acceptors (Lipinski definition) is 5. The zero-order valence-corrected chi connectivity index (χ0v) is 20.8. The van der Waals surface area contributed by atoms with E-state index in [2.05, 4.69) is 48.9 Å². The number of nitrogens with zero attached hydrogens (tertiary/aromatic N) is 3. The summed E-state index contributed by atoms with van der Waals surface area (Å²) >= 11 is 1.35. The summed E-state index contributed by atoms with van der Waals surface area (Å²) < 4.78 is 8.14. The Morgan fingerprint density at radius 2 is 1.88 bits per heavy atom. The predicted octanol–water partition coefficient (Wildman–Crippen LogP) is 6.08. The SMILES string of the molecule is C=CCn1c(SCC(=O)Nc2ccc(C(C)C)cc2)nnc1C(C)Oc1cccc(C)c1C. The average molecular weight is 465 g/mol. The molecule has 0 fully saturated rings. The first-order valence-corrected chi connectivity index (χ1v) is 12.1. The summed E-state index contributed by atoms with van der Waals surface area (Å²) in [6, 6.07) is 13.9. The number of rotatable bonds is 10. The Balaban J connectivity index is 1.66. The zero-order chi connectivity index (χ0) is 24.0. The molecule has 0 bridgehead atoms. The second-order valence-electron chi connectivity index (χ2n) is 8.31. The number of allylic oxidation sites excluding steroid dienone is 1. The van der Waals surface area contributed by atoms with Gasteiger partial charge in [-0.25, -0.2) is 0 Å². The second kappa shape index (κ2) is 11.2. The maximum absolute atomic E-state index is 12.5. The number of hydrogen-bond donors (Lipinski definition) is 1. The van der Waals surface area contributed by atoms with Crippen molar-refractivity contribution in [3.05, 3.63) is 77.6 Å². The number of benzene rings is 2. The van der Waals surface area contributed by atoms with Gasteiger partial charge in [0.15, 0.2) is 17.1 Å². The Labute approximate surface area is 200 Å². The number of ether oxygens (including phenoxy) is 1. The van der Waals surface area contributed by atoms with Crippen molar-refractivity contribution in [1.82, 2.24) is 14.8 Å². The molecule has 1 N–H and O–H groups in total. The Kier molecular flexibility index (Phi) is 8.33. The standard InChI is InChI=1S/C26H32N4O2S/c1-7-15-30-25(20(6)32-23-10-8-9-18(4)19(23)5)28-29-26(30)33-16-24(31)27-22-13-11-21(12-14-22)17(2)3/h7-14,17,20H,1,15-16H2,2-6H3,(H,27,31). The Morgan fingerprint density at radius 3 is 2.55 bits per heavy atom. The number of aromatic nitrogens is 3. The van der Waals surface area contributed by atoms with E-state index in [1.165, 1.54) is 22.9 Å². The first kappa shape index (κ1) is 24.6. The van der Waals surface area contributed by atoms with E-state index in [0.717, 1.165) is 17.0 Å². The van der Waals surface area contributed by atoms with Crippen molar-refractivity contribution >= 4 is 23.4 Å². The van der Waals surface area contributed by atoms with Crippen molar-refractivity contribution < 1.29 is 9.53 Å². The molecule has 1 amide bonds. The molecule has 1 atom stereocenters. The van der Waals surface area contributed by atoms with Crippen molar-refractivity contribution in [1.29, 1.82) is 0 Å². The molecule has 0 aliphatic rings. The van der Waals surface area contributed by atoms with Gasteiger partial charge in [-0.15, -0.1) is 16.8 Å². The summed E-state index contributed by atoms with van der Waals surface area (Å²) in [5, 5.41) is 12.3. The molecular weight excluding hydrogens is 432 g/mol.